The van der Waals surface area contributed by atoms with Crippen LogP contribution in [0, 0.1) is 11.7 Å². The Morgan fingerprint density at radius 3 is 2.88 bits per heavy atom. The summed E-state index contributed by atoms with van der Waals surface area (Å²) >= 11 is 5.40. The lowest BCUT2D eigenvalue weighted by molar-refractivity contribution is 0.154. The van der Waals surface area contributed by atoms with Crippen molar-refractivity contribution in [2.45, 2.75) is 26.3 Å². The van der Waals surface area contributed by atoms with Crippen LogP contribution in [-0.2, 0) is 4.74 Å². The molecule has 1 aromatic carbocycles. The number of fused-ring (bicyclic) bond motifs is 1. The number of hydrogen-bond donors (Lipinski definition) is 1. The third-order valence-corrected chi connectivity index (χ3v) is 3.37. The molecule has 0 fully saturated rings. The number of imidazole rings is 1. The maximum atomic E-state index is 5.40. The Kier molecular flexibility index (Phi) is 3.64. The summed E-state index contributed by atoms with van der Waals surface area (Å²) in [7, 11) is 1.73. The van der Waals surface area contributed by atoms with Crippen molar-refractivity contribution in [3.05, 3.63) is 28.5 Å². The van der Waals surface area contributed by atoms with Gasteiger partial charge in [-0.25, -0.2) is 0 Å². The molecule has 0 aliphatic rings. The van der Waals surface area contributed by atoms with E-state index in [1.807, 2.05) is 0 Å². The Bertz CT molecular complexity index is 570. The van der Waals surface area contributed by atoms with Crippen LogP contribution < -0.4 is 0 Å². The standard InChI is InChI=1S/C13H18N2OS/c1-4-10(8-16-3)15-12-6-5-9(2)7-11(12)14-13(15)17/h5-7,10H,4,8H2,1-3H3,(H,14,17). The molecule has 0 saturated heterocycles. The van der Waals surface area contributed by atoms with E-state index in [1.54, 1.807) is 7.11 Å². The Morgan fingerprint density at radius 2 is 2.24 bits per heavy atom. The van der Waals surface area contributed by atoms with E-state index in [9.17, 15) is 0 Å². The Labute approximate surface area is 106 Å². The topological polar surface area (TPSA) is 29.9 Å². The van der Waals surface area contributed by atoms with Crippen molar-refractivity contribution in [1.29, 1.82) is 0 Å². The summed E-state index contributed by atoms with van der Waals surface area (Å²) < 4.78 is 8.20. The fourth-order valence-corrected chi connectivity index (χ4v) is 2.53. The maximum absolute atomic E-state index is 5.40. The normalized spacial score (nSPS) is 13.1. The summed E-state index contributed by atoms with van der Waals surface area (Å²) in [5, 5.41) is 0. The van der Waals surface area contributed by atoms with Crippen LogP contribution in [0.5, 0.6) is 0 Å². The van der Waals surface area contributed by atoms with E-state index in [1.165, 1.54) is 5.56 Å². The highest BCUT2D eigenvalue weighted by Gasteiger charge is 2.13. The second-order valence-corrected chi connectivity index (χ2v) is 4.72. The molecule has 3 nitrogen and oxygen atoms in total. The molecule has 17 heavy (non-hydrogen) atoms. The van der Waals surface area contributed by atoms with Crippen LogP contribution in [-0.4, -0.2) is 23.3 Å². The van der Waals surface area contributed by atoms with Gasteiger partial charge in [0, 0.05) is 7.11 Å². The minimum Gasteiger partial charge on any atom is -0.383 e. The smallest absolute Gasteiger partial charge is 0.178 e. The van der Waals surface area contributed by atoms with Gasteiger partial charge in [0.15, 0.2) is 4.77 Å². The van der Waals surface area contributed by atoms with Crippen LogP contribution in [0.25, 0.3) is 11.0 Å². The van der Waals surface area contributed by atoms with Crippen molar-refractivity contribution in [2.24, 2.45) is 0 Å². The third kappa shape index (κ3) is 2.28. The van der Waals surface area contributed by atoms with Gasteiger partial charge in [-0.1, -0.05) is 13.0 Å². The molecule has 92 valence electrons. The van der Waals surface area contributed by atoms with Gasteiger partial charge in [0.2, 0.25) is 0 Å². The number of methoxy groups -OCH3 is 1. The molecule has 1 N–H and O–H groups in total. The number of rotatable bonds is 4. The molecule has 0 aliphatic heterocycles. The van der Waals surface area contributed by atoms with E-state index in [4.69, 9.17) is 17.0 Å². The highest BCUT2D eigenvalue weighted by molar-refractivity contribution is 7.71. The van der Waals surface area contributed by atoms with Crippen LogP contribution in [0.2, 0.25) is 0 Å². The lowest BCUT2D eigenvalue weighted by Gasteiger charge is -2.16. The van der Waals surface area contributed by atoms with Gasteiger partial charge in [0.25, 0.3) is 0 Å². The molecule has 1 heterocycles. The number of nitrogens with zero attached hydrogens (tertiary/aromatic N) is 1. The van der Waals surface area contributed by atoms with E-state index >= 15 is 0 Å². The maximum Gasteiger partial charge on any atom is 0.178 e. The van der Waals surface area contributed by atoms with Gasteiger partial charge in [0.1, 0.15) is 0 Å². The second kappa shape index (κ2) is 5.02. The van der Waals surface area contributed by atoms with Crippen molar-refractivity contribution in [3.8, 4) is 0 Å². The number of ether oxygens (including phenoxy) is 1. The van der Waals surface area contributed by atoms with Crippen molar-refractivity contribution in [2.75, 3.05) is 13.7 Å². The van der Waals surface area contributed by atoms with Crippen molar-refractivity contribution >= 4 is 23.3 Å². The van der Waals surface area contributed by atoms with Gasteiger partial charge in [-0.15, -0.1) is 0 Å². The first-order valence-corrected chi connectivity index (χ1v) is 6.28. The molecule has 1 aromatic heterocycles. The summed E-state index contributed by atoms with van der Waals surface area (Å²) in [6.45, 7) is 4.92. The molecule has 0 saturated carbocycles. The number of hydrogen-bond acceptors (Lipinski definition) is 2. The summed E-state index contributed by atoms with van der Waals surface area (Å²) in [5.74, 6) is 0. The van der Waals surface area contributed by atoms with Gasteiger partial charge in [-0.05, 0) is 43.3 Å². The lowest BCUT2D eigenvalue weighted by atomic mass is 10.2. The van der Waals surface area contributed by atoms with Crippen LogP contribution in [0.4, 0.5) is 0 Å². The first-order chi connectivity index (χ1) is 8.17. The zero-order valence-electron chi connectivity index (χ0n) is 10.5. The number of H-pyrrole nitrogens is 1. The molecule has 0 amide bonds. The quantitative estimate of drug-likeness (QED) is 0.840. The van der Waals surface area contributed by atoms with E-state index < -0.39 is 0 Å². The highest BCUT2D eigenvalue weighted by atomic mass is 32.1. The molecule has 2 aromatic rings. The molecule has 2 rings (SSSR count). The molecular formula is C13H18N2OS. The first kappa shape index (κ1) is 12.3. The Hall–Kier alpha value is -1.13. The van der Waals surface area contributed by atoms with Crippen molar-refractivity contribution in [1.82, 2.24) is 9.55 Å². The van der Waals surface area contributed by atoms with Crippen LogP contribution >= 0.6 is 12.2 Å². The predicted molar refractivity (Wildman–Crippen MR) is 73.1 cm³/mol. The van der Waals surface area contributed by atoms with E-state index in [0.717, 1.165) is 22.2 Å². The first-order valence-electron chi connectivity index (χ1n) is 5.87. The fourth-order valence-electron chi connectivity index (χ4n) is 2.17. The van der Waals surface area contributed by atoms with Crippen LogP contribution in [0.15, 0.2) is 18.2 Å². The van der Waals surface area contributed by atoms with Crippen LogP contribution in [0.3, 0.4) is 0 Å². The Morgan fingerprint density at radius 1 is 1.47 bits per heavy atom. The fraction of sp³-hybridized carbons (Fsp3) is 0.462. The average Bonchev–Trinajstić information content (AvgIpc) is 2.61. The lowest BCUT2D eigenvalue weighted by Crippen LogP contribution is -2.13. The summed E-state index contributed by atoms with van der Waals surface area (Å²) in [4.78, 5) is 3.26. The highest BCUT2D eigenvalue weighted by Crippen LogP contribution is 2.22. The predicted octanol–water partition coefficient (Wildman–Crippen LogP) is 3.60. The zero-order valence-corrected chi connectivity index (χ0v) is 11.3. The zero-order chi connectivity index (χ0) is 12.4. The number of aromatic amines is 1. The SMILES string of the molecule is CCC(COC)n1c(=S)[nH]c2cc(C)ccc21. The molecule has 0 aliphatic carbocycles. The van der Waals surface area contributed by atoms with E-state index in [2.05, 4.69) is 41.6 Å². The van der Waals surface area contributed by atoms with E-state index in [-0.39, 0.29) is 0 Å². The number of aromatic nitrogens is 2. The van der Waals surface area contributed by atoms with Gasteiger partial charge >= 0.3 is 0 Å². The molecule has 0 bridgehead atoms. The third-order valence-electron chi connectivity index (χ3n) is 3.07. The molecular weight excluding hydrogens is 232 g/mol. The molecule has 0 spiro atoms. The largest absolute Gasteiger partial charge is 0.383 e. The summed E-state index contributed by atoms with van der Waals surface area (Å²) in [6, 6.07) is 6.65. The van der Waals surface area contributed by atoms with E-state index in [0.29, 0.717) is 12.6 Å². The minimum atomic E-state index is 0.295. The Balaban J connectivity index is 2.59. The molecule has 0 radical (unpaired) electrons. The molecule has 4 heteroatoms. The van der Waals surface area contributed by atoms with Gasteiger partial charge < -0.3 is 14.3 Å². The monoisotopic (exact) mass is 250 g/mol. The van der Waals surface area contributed by atoms with Gasteiger partial charge in [-0.2, -0.15) is 0 Å². The number of nitrogens with one attached hydrogen (secondary N) is 1. The van der Waals surface area contributed by atoms with Crippen LogP contribution in [0.1, 0.15) is 24.9 Å². The second-order valence-electron chi connectivity index (χ2n) is 4.34. The summed E-state index contributed by atoms with van der Waals surface area (Å²) in [6.07, 6.45) is 1.00. The van der Waals surface area contributed by atoms with Crippen molar-refractivity contribution < 1.29 is 4.74 Å². The average molecular weight is 250 g/mol. The van der Waals surface area contributed by atoms with Gasteiger partial charge in [-0.3, -0.25) is 0 Å². The van der Waals surface area contributed by atoms with Crippen molar-refractivity contribution in [3.63, 3.8) is 0 Å². The molecule has 1 atom stereocenters. The number of benzene rings is 1. The minimum absolute atomic E-state index is 0.295. The molecule has 1 unspecified atom stereocenters. The van der Waals surface area contributed by atoms with Gasteiger partial charge in [0.05, 0.1) is 23.7 Å². The number of aryl methyl sites for hydroxylation is 1. The summed E-state index contributed by atoms with van der Waals surface area (Å²) in [5.41, 5.74) is 3.50.